The summed E-state index contributed by atoms with van der Waals surface area (Å²) in [6.07, 6.45) is 1.90. The van der Waals surface area contributed by atoms with Crippen molar-refractivity contribution in [1.29, 1.82) is 0 Å². The van der Waals surface area contributed by atoms with Gasteiger partial charge in [-0.2, -0.15) is 0 Å². The van der Waals surface area contributed by atoms with E-state index in [0.717, 1.165) is 64.7 Å². The van der Waals surface area contributed by atoms with Crippen molar-refractivity contribution in [3.05, 3.63) is 95.3 Å². The normalized spacial score (nSPS) is 13.9. The lowest BCUT2D eigenvalue weighted by Gasteiger charge is -2.24. The Morgan fingerprint density at radius 2 is 1.75 bits per heavy atom. The maximum absolute atomic E-state index is 13.3. The number of carbonyl (C=O) groups is 2. The van der Waals surface area contributed by atoms with Crippen LogP contribution in [0.15, 0.2) is 72.8 Å². The second kappa shape index (κ2) is 10.5. The monoisotopic (exact) mass is 536 g/mol. The zero-order chi connectivity index (χ0) is 27.8. The number of halogens is 1. The number of anilines is 2. The van der Waals surface area contributed by atoms with Crippen LogP contribution in [0.3, 0.4) is 0 Å². The van der Waals surface area contributed by atoms with Gasteiger partial charge in [0.15, 0.2) is 0 Å². The molecule has 6 rings (SSSR count). The fourth-order valence-electron chi connectivity index (χ4n) is 5.47. The third kappa shape index (κ3) is 4.78. The second-order valence-corrected chi connectivity index (χ2v) is 10.1. The predicted molar refractivity (Wildman–Crippen MR) is 156 cm³/mol. The molecule has 0 bridgehead atoms. The zero-order valence-electron chi connectivity index (χ0n) is 22.0. The second-order valence-electron chi connectivity index (χ2n) is 10.1. The first-order valence-electron chi connectivity index (χ1n) is 13.3. The van der Waals surface area contributed by atoms with E-state index in [-0.39, 0.29) is 5.91 Å². The number of nitrogens with two attached hydrogens (primary N) is 1. The summed E-state index contributed by atoms with van der Waals surface area (Å²) < 4.78 is 18.8. The lowest BCUT2D eigenvalue weighted by Crippen LogP contribution is -2.27. The van der Waals surface area contributed by atoms with Gasteiger partial charge < -0.3 is 26.1 Å². The Bertz CT molecular complexity index is 1750. The van der Waals surface area contributed by atoms with Gasteiger partial charge in [-0.1, -0.05) is 24.3 Å². The summed E-state index contributed by atoms with van der Waals surface area (Å²) in [5, 5.41) is 8.40. The van der Waals surface area contributed by atoms with Crippen molar-refractivity contribution in [1.82, 2.24) is 4.98 Å². The van der Waals surface area contributed by atoms with Crippen molar-refractivity contribution in [2.75, 3.05) is 23.8 Å². The third-order valence-corrected chi connectivity index (χ3v) is 7.59. The van der Waals surface area contributed by atoms with Gasteiger partial charge in [-0.25, -0.2) is 4.39 Å². The van der Waals surface area contributed by atoms with Crippen LogP contribution in [0.4, 0.5) is 15.8 Å². The van der Waals surface area contributed by atoms with Gasteiger partial charge in [0.05, 0.1) is 11.1 Å². The fourth-order valence-corrected chi connectivity index (χ4v) is 5.47. The number of fused-ring (bicyclic) bond motifs is 3. The maximum atomic E-state index is 13.3. The van der Waals surface area contributed by atoms with Gasteiger partial charge in [0.1, 0.15) is 5.82 Å². The van der Waals surface area contributed by atoms with E-state index in [0.29, 0.717) is 28.4 Å². The average Bonchev–Trinajstić information content (AvgIpc) is 3.33. The number of aromatic amines is 1. The summed E-state index contributed by atoms with van der Waals surface area (Å²) >= 11 is 0. The number of rotatable bonds is 6. The molecule has 1 saturated heterocycles. The minimum atomic E-state index is -0.513. The van der Waals surface area contributed by atoms with Crippen LogP contribution in [0.1, 0.15) is 39.1 Å². The smallest absolute Gasteiger partial charge is 0.255 e. The molecule has 1 aliphatic rings. The van der Waals surface area contributed by atoms with Crippen molar-refractivity contribution in [2.24, 2.45) is 5.73 Å². The molecule has 0 unspecified atom stereocenters. The van der Waals surface area contributed by atoms with Crippen LogP contribution in [-0.4, -0.2) is 36.1 Å². The number of nitrogens with one attached hydrogen (secondary N) is 3. The molecule has 40 heavy (non-hydrogen) atoms. The van der Waals surface area contributed by atoms with E-state index in [4.69, 9.17) is 10.5 Å². The predicted octanol–water partition coefficient (Wildman–Crippen LogP) is 6.38. The van der Waals surface area contributed by atoms with Gasteiger partial charge in [0, 0.05) is 52.5 Å². The number of hydrogen-bond acceptors (Lipinski definition) is 4. The molecule has 1 aliphatic heterocycles. The average molecular weight is 537 g/mol. The van der Waals surface area contributed by atoms with Crippen LogP contribution in [0.2, 0.25) is 0 Å². The van der Waals surface area contributed by atoms with E-state index < -0.39 is 11.7 Å². The van der Waals surface area contributed by atoms with Crippen LogP contribution in [0.25, 0.3) is 32.9 Å². The minimum absolute atomic E-state index is 0.328. The van der Waals surface area contributed by atoms with E-state index in [1.807, 2.05) is 31.2 Å². The van der Waals surface area contributed by atoms with Crippen molar-refractivity contribution < 1.29 is 18.7 Å². The van der Waals surface area contributed by atoms with Crippen molar-refractivity contribution >= 4 is 45.0 Å². The number of amides is 2. The van der Waals surface area contributed by atoms with Crippen molar-refractivity contribution in [3.8, 4) is 11.1 Å². The Morgan fingerprint density at radius 1 is 0.975 bits per heavy atom. The minimum Gasteiger partial charge on any atom is -0.382 e. The number of carbonyl (C=O) groups excluding carboxylic acids is 2. The Balaban J connectivity index is 1.43. The van der Waals surface area contributed by atoms with Gasteiger partial charge >= 0.3 is 0 Å². The van der Waals surface area contributed by atoms with Crippen LogP contribution in [0.5, 0.6) is 0 Å². The van der Waals surface area contributed by atoms with E-state index in [1.165, 1.54) is 24.3 Å². The topological polar surface area (TPSA) is 109 Å². The number of ether oxygens (including phenoxy) is 1. The van der Waals surface area contributed by atoms with Gasteiger partial charge in [0.2, 0.25) is 0 Å². The molecule has 0 aliphatic carbocycles. The van der Waals surface area contributed by atoms with Crippen LogP contribution >= 0.6 is 0 Å². The maximum Gasteiger partial charge on any atom is 0.255 e. The quantitative estimate of drug-likeness (QED) is 0.202. The molecule has 5 N–H and O–H groups in total. The number of hydrogen-bond donors (Lipinski definition) is 4. The lowest BCUT2D eigenvalue weighted by atomic mass is 9.93. The van der Waals surface area contributed by atoms with Gasteiger partial charge in [-0.3, -0.25) is 9.59 Å². The number of primary amides is 1. The molecule has 0 radical (unpaired) electrons. The molecule has 2 heterocycles. The molecular formula is C32H29FN4O3. The first-order chi connectivity index (χ1) is 19.4. The molecule has 202 valence electrons. The van der Waals surface area contributed by atoms with Gasteiger partial charge in [0.25, 0.3) is 11.8 Å². The van der Waals surface area contributed by atoms with E-state index in [1.54, 1.807) is 6.07 Å². The number of H-pyrrole nitrogens is 1. The van der Waals surface area contributed by atoms with E-state index in [9.17, 15) is 14.0 Å². The Hall–Kier alpha value is -4.69. The molecule has 2 amide bonds. The molecule has 7 nitrogen and oxygen atoms in total. The first-order valence-corrected chi connectivity index (χ1v) is 13.3. The standard InChI is InChI=1S/C32H29FN4O3/c1-18-23(3-2-4-27(18)37-32(39)19-5-7-20(33)8-6-19)24-11-12-26(31(34)38)30-29(24)25-10-9-22(17-28(25)36-30)35-21-13-15-40-16-14-21/h2-12,17,21,35-36H,13-16H2,1H3,(H2,34,38)(H,37,39). The summed E-state index contributed by atoms with van der Waals surface area (Å²) in [4.78, 5) is 28.7. The molecule has 0 saturated carbocycles. The molecule has 1 fully saturated rings. The largest absolute Gasteiger partial charge is 0.382 e. The molecule has 4 aromatic carbocycles. The van der Waals surface area contributed by atoms with Crippen LogP contribution < -0.4 is 16.4 Å². The number of benzene rings is 4. The Morgan fingerprint density at radius 3 is 2.50 bits per heavy atom. The highest BCUT2D eigenvalue weighted by atomic mass is 19.1. The fraction of sp³-hybridized carbons (Fsp3) is 0.188. The summed E-state index contributed by atoms with van der Waals surface area (Å²) in [5.74, 6) is -1.24. The van der Waals surface area contributed by atoms with Crippen molar-refractivity contribution in [3.63, 3.8) is 0 Å². The van der Waals surface area contributed by atoms with Gasteiger partial charge in [-0.05, 0) is 85.0 Å². The highest BCUT2D eigenvalue weighted by molar-refractivity contribution is 6.20. The molecule has 8 heteroatoms. The molecule has 0 spiro atoms. The summed E-state index contributed by atoms with van der Waals surface area (Å²) in [7, 11) is 0. The summed E-state index contributed by atoms with van der Waals surface area (Å²) in [6, 6.07) is 21.3. The van der Waals surface area contributed by atoms with Crippen LogP contribution in [0, 0.1) is 12.7 Å². The first kappa shape index (κ1) is 25.6. The van der Waals surface area contributed by atoms with Crippen LogP contribution in [-0.2, 0) is 4.74 Å². The van der Waals surface area contributed by atoms with E-state index >= 15 is 0 Å². The summed E-state index contributed by atoms with van der Waals surface area (Å²) in [6.45, 7) is 3.44. The molecule has 0 atom stereocenters. The molecule has 1 aromatic heterocycles. The SMILES string of the molecule is Cc1c(NC(=O)c2ccc(F)cc2)cccc1-c1ccc(C(N)=O)c2[nH]c3cc(NC4CCOCC4)ccc3c12. The van der Waals surface area contributed by atoms with E-state index in [2.05, 4.69) is 33.8 Å². The molecular weight excluding hydrogens is 507 g/mol. The highest BCUT2D eigenvalue weighted by Crippen LogP contribution is 2.40. The third-order valence-electron chi connectivity index (χ3n) is 7.59. The summed E-state index contributed by atoms with van der Waals surface area (Å²) in [5.41, 5.74) is 12.4. The van der Waals surface area contributed by atoms with Crippen molar-refractivity contribution in [2.45, 2.75) is 25.8 Å². The zero-order valence-corrected chi connectivity index (χ0v) is 22.0. The highest BCUT2D eigenvalue weighted by Gasteiger charge is 2.20. The van der Waals surface area contributed by atoms with Gasteiger partial charge in [-0.15, -0.1) is 0 Å². The molecule has 5 aromatic rings. The lowest BCUT2D eigenvalue weighted by molar-refractivity contribution is 0.0904. The number of aromatic nitrogens is 1. The Kier molecular flexibility index (Phi) is 6.69. The Labute approximate surface area is 230 Å².